The summed E-state index contributed by atoms with van der Waals surface area (Å²) in [6, 6.07) is 3.07. The second-order valence-electron chi connectivity index (χ2n) is 5.18. The molecule has 2 aromatic carbocycles. The van der Waals surface area contributed by atoms with Crippen molar-refractivity contribution in [1.82, 2.24) is 0 Å². The van der Waals surface area contributed by atoms with Crippen LogP contribution in [0.3, 0.4) is 0 Å². The summed E-state index contributed by atoms with van der Waals surface area (Å²) >= 11 is 0.181. The van der Waals surface area contributed by atoms with E-state index in [9.17, 15) is 39.5 Å². The van der Waals surface area contributed by atoms with Crippen LogP contribution in [0.15, 0.2) is 30.3 Å². The Bertz CT molecular complexity index is 957. The summed E-state index contributed by atoms with van der Waals surface area (Å²) in [6.07, 6.45) is -15.0. The van der Waals surface area contributed by atoms with Gasteiger partial charge in [-0.05, 0) is 18.2 Å². The molecule has 25 heavy (non-hydrogen) atoms. The SMILES string of the molecule is FC(F)(F)c1cc(C(F)(F)F)c2sc3c(C(F)(F)F)cccc3c2c1. The molecule has 1 aromatic heterocycles. The van der Waals surface area contributed by atoms with E-state index in [2.05, 4.69) is 0 Å². The third-order valence-corrected chi connectivity index (χ3v) is 4.82. The Hall–Kier alpha value is -1.97. The van der Waals surface area contributed by atoms with Gasteiger partial charge in [-0.2, -0.15) is 39.5 Å². The normalized spacial score (nSPS) is 13.8. The largest absolute Gasteiger partial charge is 0.417 e. The van der Waals surface area contributed by atoms with E-state index in [4.69, 9.17) is 0 Å². The first-order valence-electron chi connectivity index (χ1n) is 6.51. The van der Waals surface area contributed by atoms with Crippen molar-refractivity contribution in [3.63, 3.8) is 0 Å². The van der Waals surface area contributed by atoms with Crippen molar-refractivity contribution in [1.29, 1.82) is 0 Å². The molecule has 0 aliphatic rings. The van der Waals surface area contributed by atoms with Crippen LogP contribution in [-0.4, -0.2) is 0 Å². The van der Waals surface area contributed by atoms with Crippen molar-refractivity contribution in [2.45, 2.75) is 18.5 Å². The maximum Gasteiger partial charge on any atom is 0.417 e. The fraction of sp³-hybridized carbons (Fsp3) is 0.200. The third kappa shape index (κ3) is 3.03. The molecule has 0 nitrogen and oxygen atoms in total. The van der Waals surface area contributed by atoms with Crippen LogP contribution in [0.25, 0.3) is 20.2 Å². The van der Waals surface area contributed by atoms with Crippen LogP contribution < -0.4 is 0 Å². The Morgan fingerprint density at radius 1 is 0.600 bits per heavy atom. The van der Waals surface area contributed by atoms with E-state index in [1.807, 2.05) is 0 Å². The van der Waals surface area contributed by atoms with Crippen molar-refractivity contribution in [2.75, 3.05) is 0 Å². The first-order valence-corrected chi connectivity index (χ1v) is 7.32. The molecule has 134 valence electrons. The summed E-state index contributed by atoms with van der Waals surface area (Å²) in [5, 5.41) is -0.806. The van der Waals surface area contributed by atoms with Gasteiger partial charge in [-0.3, -0.25) is 0 Å². The second kappa shape index (κ2) is 5.26. The predicted molar refractivity (Wildman–Crippen MR) is 74.3 cm³/mol. The Morgan fingerprint density at radius 3 is 1.68 bits per heavy atom. The molecule has 10 heteroatoms. The first kappa shape index (κ1) is 17.8. The monoisotopic (exact) mass is 388 g/mol. The van der Waals surface area contributed by atoms with Crippen molar-refractivity contribution >= 4 is 31.5 Å². The maximum absolute atomic E-state index is 13.2. The molecule has 0 unspecified atom stereocenters. The van der Waals surface area contributed by atoms with Gasteiger partial charge in [0.1, 0.15) is 0 Å². The summed E-state index contributed by atoms with van der Waals surface area (Å²) in [6.45, 7) is 0. The van der Waals surface area contributed by atoms with Gasteiger partial charge in [-0.1, -0.05) is 12.1 Å². The number of thiophene rings is 1. The molecule has 0 saturated heterocycles. The molecule has 1 heterocycles. The van der Waals surface area contributed by atoms with Gasteiger partial charge in [0.05, 0.1) is 16.7 Å². The molecule has 0 aliphatic carbocycles. The lowest BCUT2D eigenvalue weighted by Crippen LogP contribution is -2.10. The Kier molecular flexibility index (Phi) is 3.76. The maximum atomic E-state index is 13.2. The summed E-state index contributed by atoms with van der Waals surface area (Å²) in [5.74, 6) is 0. The number of alkyl halides is 9. The van der Waals surface area contributed by atoms with Gasteiger partial charge in [0.15, 0.2) is 0 Å². The molecule has 3 aromatic rings. The van der Waals surface area contributed by atoms with Gasteiger partial charge < -0.3 is 0 Å². The van der Waals surface area contributed by atoms with Crippen LogP contribution in [0.1, 0.15) is 16.7 Å². The van der Waals surface area contributed by atoms with E-state index < -0.39 is 50.0 Å². The first-order chi connectivity index (χ1) is 11.3. The van der Waals surface area contributed by atoms with E-state index in [-0.39, 0.29) is 22.8 Å². The molecule has 0 aliphatic heterocycles. The lowest BCUT2D eigenvalue weighted by atomic mass is 10.0. The Labute approximate surface area is 137 Å². The summed E-state index contributed by atoms with van der Waals surface area (Å²) in [5.41, 5.74) is -4.36. The minimum atomic E-state index is -5.14. The highest BCUT2D eigenvalue weighted by molar-refractivity contribution is 7.26. The average Bonchev–Trinajstić information content (AvgIpc) is 2.81. The minimum Gasteiger partial charge on any atom is -0.166 e. The standard InChI is InChI=1S/C15H5F9S/c16-13(17,18)6-4-8-7-2-1-3-9(14(19,20)21)11(7)25-12(8)10(5-6)15(22,23)24/h1-5H. The van der Waals surface area contributed by atoms with Crippen LogP contribution in [0.2, 0.25) is 0 Å². The molecular weight excluding hydrogens is 383 g/mol. The second-order valence-corrected chi connectivity index (χ2v) is 6.20. The molecule has 0 amide bonds. The smallest absolute Gasteiger partial charge is 0.166 e. The van der Waals surface area contributed by atoms with Crippen molar-refractivity contribution in [3.8, 4) is 0 Å². The minimum absolute atomic E-state index is 0.0784. The number of hydrogen-bond donors (Lipinski definition) is 0. The fourth-order valence-electron chi connectivity index (χ4n) is 2.50. The van der Waals surface area contributed by atoms with E-state index in [0.29, 0.717) is 12.1 Å². The van der Waals surface area contributed by atoms with E-state index in [1.165, 1.54) is 0 Å². The molecule has 0 atom stereocenters. The molecule has 0 saturated carbocycles. The van der Waals surface area contributed by atoms with Crippen LogP contribution in [-0.2, 0) is 18.5 Å². The van der Waals surface area contributed by atoms with Gasteiger partial charge in [0.25, 0.3) is 0 Å². The summed E-state index contributed by atoms with van der Waals surface area (Å²) in [4.78, 5) is 0. The molecule has 0 bridgehead atoms. The molecular formula is C15H5F9S. The molecule has 0 N–H and O–H groups in total. The highest BCUT2D eigenvalue weighted by Gasteiger charge is 2.40. The van der Waals surface area contributed by atoms with E-state index in [1.54, 1.807) is 0 Å². The fourth-order valence-corrected chi connectivity index (χ4v) is 3.85. The zero-order valence-electron chi connectivity index (χ0n) is 11.7. The van der Waals surface area contributed by atoms with Crippen molar-refractivity contribution in [2.24, 2.45) is 0 Å². The quantitative estimate of drug-likeness (QED) is 0.360. The zero-order valence-corrected chi connectivity index (χ0v) is 12.5. The van der Waals surface area contributed by atoms with E-state index in [0.717, 1.165) is 12.1 Å². The molecule has 3 rings (SSSR count). The molecule has 0 radical (unpaired) electrons. The van der Waals surface area contributed by atoms with Gasteiger partial charge >= 0.3 is 18.5 Å². The predicted octanol–water partition coefficient (Wildman–Crippen LogP) is 7.11. The van der Waals surface area contributed by atoms with E-state index >= 15 is 0 Å². The van der Waals surface area contributed by atoms with Gasteiger partial charge in [0, 0.05) is 20.2 Å². The van der Waals surface area contributed by atoms with Crippen LogP contribution in [0.4, 0.5) is 39.5 Å². The third-order valence-electron chi connectivity index (χ3n) is 3.54. The number of benzene rings is 2. The number of hydrogen-bond acceptors (Lipinski definition) is 1. The number of rotatable bonds is 0. The van der Waals surface area contributed by atoms with Crippen molar-refractivity contribution < 1.29 is 39.5 Å². The Balaban J connectivity index is 2.51. The number of fused-ring (bicyclic) bond motifs is 3. The lowest BCUT2D eigenvalue weighted by molar-refractivity contribution is -0.142. The zero-order chi connectivity index (χ0) is 18.8. The summed E-state index contributed by atoms with van der Waals surface area (Å²) in [7, 11) is 0. The summed E-state index contributed by atoms with van der Waals surface area (Å²) < 4.78 is 116. The van der Waals surface area contributed by atoms with Gasteiger partial charge in [0.2, 0.25) is 0 Å². The highest BCUT2D eigenvalue weighted by atomic mass is 32.1. The van der Waals surface area contributed by atoms with Crippen LogP contribution in [0.5, 0.6) is 0 Å². The van der Waals surface area contributed by atoms with Crippen LogP contribution >= 0.6 is 11.3 Å². The topological polar surface area (TPSA) is 0 Å². The molecule has 0 fully saturated rings. The van der Waals surface area contributed by atoms with Crippen LogP contribution in [0, 0.1) is 0 Å². The molecule has 0 spiro atoms. The van der Waals surface area contributed by atoms with Crippen molar-refractivity contribution in [3.05, 3.63) is 47.0 Å². The van der Waals surface area contributed by atoms with Gasteiger partial charge in [-0.15, -0.1) is 11.3 Å². The number of halogens is 9. The lowest BCUT2D eigenvalue weighted by Gasteiger charge is -2.12. The Morgan fingerprint density at radius 2 is 1.16 bits per heavy atom. The van der Waals surface area contributed by atoms with Gasteiger partial charge in [-0.25, -0.2) is 0 Å². The average molecular weight is 388 g/mol. The highest BCUT2D eigenvalue weighted by Crippen LogP contribution is 2.48.